The molecule has 1 atom stereocenters. The zero-order valence-corrected chi connectivity index (χ0v) is 16.7. The van der Waals surface area contributed by atoms with Gasteiger partial charge in [-0.2, -0.15) is 0 Å². The van der Waals surface area contributed by atoms with Gasteiger partial charge in [0, 0.05) is 17.3 Å². The van der Waals surface area contributed by atoms with E-state index in [9.17, 15) is 9.90 Å². The number of rotatable bonds is 4. The first kappa shape index (κ1) is 20.6. The number of halogens is 3. The summed E-state index contributed by atoms with van der Waals surface area (Å²) in [5.41, 5.74) is 1.89. The average molecular weight is 433 g/mol. The first-order valence-corrected chi connectivity index (χ1v) is 9.00. The van der Waals surface area contributed by atoms with Crippen LogP contribution < -0.4 is 16.0 Å². The lowest BCUT2D eigenvalue weighted by Crippen LogP contribution is -2.56. The maximum absolute atomic E-state index is 12.4. The highest BCUT2D eigenvalue weighted by molar-refractivity contribution is 7.80. The topological polar surface area (TPSA) is 73.4 Å². The third-order valence-corrected chi connectivity index (χ3v) is 4.14. The first-order chi connectivity index (χ1) is 12.1. The summed E-state index contributed by atoms with van der Waals surface area (Å²) in [7, 11) is 0. The molecule has 2 aromatic carbocycles. The summed E-state index contributed by atoms with van der Waals surface area (Å²) in [6, 6.07) is 13.3. The van der Waals surface area contributed by atoms with Crippen molar-refractivity contribution >= 4 is 63.7 Å². The average Bonchev–Trinajstić information content (AvgIpc) is 2.53. The summed E-state index contributed by atoms with van der Waals surface area (Å²) < 4.78 is -1.86. The van der Waals surface area contributed by atoms with Crippen LogP contribution >= 0.6 is 47.0 Å². The highest BCUT2D eigenvalue weighted by Crippen LogP contribution is 2.29. The Hall–Kier alpha value is -1.73. The van der Waals surface area contributed by atoms with E-state index in [1.165, 1.54) is 12.1 Å². The van der Waals surface area contributed by atoms with Gasteiger partial charge in [-0.3, -0.25) is 4.79 Å². The third-order valence-electron chi connectivity index (χ3n) is 3.26. The molecular weight excluding hydrogens is 417 g/mol. The number of phenolic OH excluding ortho intramolecular Hbond substituents is 1. The van der Waals surface area contributed by atoms with Crippen LogP contribution in [0.1, 0.15) is 15.9 Å². The summed E-state index contributed by atoms with van der Waals surface area (Å²) in [5.74, 6) is -0.346. The van der Waals surface area contributed by atoms with E-state index in [4.69, 9.17) is 47.0 Å². The second-order valence-electron chi connectivity index (χ2n) is 5.47. The smallest absolute Gasteiger partial charge is 0.252 e. The molecule has 0 aliphatic rings. The van der Waals surface area contributed by atoms with Gasteiger partial charge in [-0.25, -0.2) is 0 Å². The van der Waals surface area contributed by atoms with Crippen LogP contribution in [0.25, 0.3) is 0 Å². The zero-order valence-electron chi connectivity index (χ0n) is 13.6. The number of alkyl halides is 3. The van der Waals surface area contributed by atoms with Crippen LogP contribution in [-0.2, 0) is 0 Å². The number of thiocarbonyl (C=S) groups is 1. The normalized spacial score (nSPS) is 12.2. The molecule has 2 aromatic rings. The fourth-order valence-corrected chi connectivity index (χ4v) is 2.65. The Morgan fingerprint density at radius 1 is 1.12 bits per heavy atom. The predicted octanol–water partition coefficient (Wildman–Crippen LogP) is 4.11. The Bertz CT molecular complexity index is 812. The van der Waals surface area contributed by atoms with Crippen molar-refractivity contribution in [2.24, 2.45) is 0 Å². The van der Waals surface area contributed by atoms with Gasteiger partial charge in [-0.05, 0) is 43.4 Å². The van der Waals surface area contributed by atoms with Crippen LogP contribution in [0.2, 0.25) is 0 Å². The molecule has 0 heterocycles. The summed E-state index contributed by atoms with van der Waals surface area (Å²) in [6.45, 7) is 1.87. The van der Waals surface area contributed by atoms with E-state index < -0.39 is 15.9 Å². The van der Waals surface area contributed by atoms with Crippen LogP contribution in [0.15, 0.2) is 48.5 Å². The van der Waals surface area contributed by atoms with Gasteiger partial charge in [0.1, 0.15) is 11.9 Å². The number of carbonyl (C=O) groups excluding carboxylic acids is 1. The molecule has 0 spiro atoms. The number of phenols is 1. The highest BCUT2D eigenvalue weighted by atomic mass is 35.6. The largest absolute Gasteiger partial charge is 0.508 e. The van der Waals surface area contributed by atoms with E-state index in [1.807, 2.05) is 13.0 Å². The van der Waals surface area contributed by atoms with Gasteiger partial charge in [-0.1, -0.05) is 58.6 Å². The molecule has 0 saturated heterocycles. The molecule has 1 amide bonds. The minimum atomic E-state index is -1.86. The van der Waals surface area contributed by atoms with E-state index in [0.29, 0.717) is 11.3 Å². The molecule has 2 rings (SSSR count). The van der Waals surface area contributed by atoms with Crippen LogP contribution in [0, 0.1) is 6.92 Å². The maximum Gasteiger partial charge on any atom is 0.252 e. The Labute approximate surface area is 171 Å². The molecule has 0 unspecified atom stereocenters. The zero-order chi connectivity index (χ0) is 19.3. The number of hydrogen-bond acceptors (Lipinski definition) is 3. The van der Waals surface area contributed by atoms with Crippen LogP contribution in [0.5, 0.6) is 5.75 Å². The lowest BCUT2D eigenvalue weighted by atomic mass is 10.1. The second kappa shape index (κ2) is 8.77. The Morgan fingerprint density at radius 2 is 1.81 bits per heavy atom. The van der Waals surface area contributed by atoms with Crippen LogP contribution in [-0.4, -0.2) is 26.1 Å². The maximum atomic E-state index is 12.4. The summed E-state index contributed by atoms with van der Waals surface area (Å²) in [6.07, 6.45) is -1.09. The monoisotopic (exact) mass is 431 g/mol. The van der Waals surface area contributed by atoms with E-state index in [1.54, 1.807) is 30.3 Å². The molecule has 26 heavy (non-hydrogen) atoms. The molecule has 4 N–H and O–H groups in total. The van der Waals surface area contributed by atoms with Crippen molar-refractivity contribution in [1.29, 1.82) is 0 Å². The lowest BCUT2D eigenvalue weighted by molar-refractivity contribution is 0.0934. The lowest BCUT2D eigenvalue weighted by Gasteiger charge is -2.27. The van der Waals surface area contributed by atoms with Crippen molar-refractivity contribution in [3.63, 3.8) is 0 Å². The van der Waals surface area contributed by atoms with E-state index in [-0.39, 0.29) is 10.9 Å². The molecule has 9 heteroatoms. The van der Waals surface area contributed by atoms with Gasteiger partial charge < -0.3 is 21.1 Å². The second-order valence-corrected chi connectivity index (χ2v) is 8.24. The molecule has 0 radical (unpaired) electrons. The Kier molecular flexibility index (Phi) is 6.94. The molecule has 0 aliphatic carbocycles. The number of nitrogens with one attached hydrogen (secondary N) is 3. The molecular formula is C17H16Cl3N3O2S. The van der Waals surface area contributed by atoms with Crippen molar-refractivity contribution in [1.82, 2.24) is 10.6 Å². The minimum absolute atomic E-state index is 0.0727. The Morgan fingerprint density at radius 3 is 2.42 bits per heavy atom. The molecule has 138 valence electrons. The van der Waals surface area contributed by atoms with Gasteiger partial charge in [0.15, 0.2) is 5.11 Å². The van der Waals surface area contributed by atoms with E-state index >= 15 is 0 Å². The van der Waals surface area contributed by atoms with E-state index in [0.717, 1.165) is 5.56 Å². The summed E-state index contributed by atoms with van der Waals surface area (Å²) in [5, 5.41) is 17.8. The van der Waals surface area contributed by atoms with Crippen molar-refractivity contribution in [2.45, 2.75) is 16.9 Å². The fourth-order valence-electron chi connectivity index (χ4n) is 2.08. The van der Waals surface area contributed by atoms with Crippen molar-refractivity contribution in [3.05, 3.63) is 59.7 Å². The van der Waals surface area contributed by atoms with Gasteiger partial charge in [0.2, 0.25) is 3.79 Å². The summed E-state index contributed by atoms with van der Waals surface area (Å²) in [4.78, 5) is 12.4. The predicted molar refractivity (Wildman–Crippen MR) is 110 cm³/mol. The number of benzene rings is 2. The molecule has 0 bridgehead atoms. The quantitative estimate of drug-likeness (QED) is 0.332. The number of carbonyl (C=O) groups is 1. The highest BCUT2D eigenvalue weighted by Gasteiger charge is 2.34. The standard InChI is InChI=1S/C17H16Cl3N3O2S/c1-10-4-2-5-11(8-10)14(25)22-15(17(18,19)20)23-16(26)21-12-6-3-7-13(24)9-12/h2-9,15,24H,1H3,(H,22,25)(H2,21,23,26)/t15-/m0/s1. The Balaban J connectivity index is 2.07. The van der Waals surface area contributed by atoms with Gasteiger partial charge in [0.25, 0.3) is 5.91 Å². The SMILES string of the molecule is Cc1cccc(C(=O)N[C@@H](NC(=S)Nc2cccc(O)c2)C(Cl)(Cl)Cl)c1. The van der Waals surface area contributed by atoms with Gasteiger partial charge in [-0.15, -0.1) is 0 Å². The fraction of sp³-hybridized carbons (Fsp3) is 0.176. The number of hydrogen-bond donors (Lipinski definition) is 4. The van der Waals surface area contributed by atoms with E-state index in [2.05, 4.69) is 16.0 Å². The van der Waals surface area contributed by atoms with Crippen LogP contribution in [0.4, 0.5) is 5.69 Å². The number of anilines is 1. The molecule has 0 saturated carbocycles. The molecule has 0 aliphatic heterocycles. The third kappa shape index (κ3) is 6.21. The first-order valence-electron chi connectivity index (χ1n) is 7.46. The molecule has 0 fully saturated rings. The molecule has 0 aromatic heterocycles. The number of aryl methyl sites for hydroxylation is 1. The van der Waals surface area contributed by atoms with Crippen molar-refractivity contribution in [3.8, 4) is 5.75 Å². The van der Waals surface area contributed by atoms with Crippen LogP contribution in [0.3, 0.4) is 0 Å². The van der Waals surface area contributed by atoms with Crippen molar-refractivity contribution in [2.75, 3.05) is 5.32 Å². The van der Waals surface area contributed by atoms with Gasteiger partial charge >= 0.3 is 0 Å². The number of amides is 1. The number of aromatic hydroxyl groups is 1. The molecule has 5 nitrogen and oxygen atoms in total. The van der Waals surface area contributed by atoms with Gasteiger partial charge in [0.05, 0.1) is 0 Å². The minimum Gasteiger partial charge on any atom is -0.508 e. The van der Waals surface area contributed by atoms with Crippen molar-refractivity contribution < 1.29 is 9.90 Å². The summed E-state index contributed by atoms with van der Waals surface area (Å²) >= 11 is 23.1.